The highest BCUT2D eigenvalue weighted by Gasteiger charge is 2.04. The summed E-state index contributed by atoms with van der Waals surface area (Å²) in [6.45, 7) is 0. The van der Waals surface area contributed by atoms with Crippen molar-refractivity contribution >= 4 is 32.8 Å². The summed E-state index contributed by atoms with van der Waals surface area (Å²) in [5.41, 5.74) is 1.35. The highest BCUT2D eigenvalue weighted by Crippen LogP contribution is 2.25. The Morgan fingerprint density at radius 3 is 2.83 bits per heavy atom. The zero-order chi connectivity index (χ0) is 8.97. The van der Waals surface area contributed by atoms with Crippen molar-refractivity contribution in [2.45, 2.75) is 12.5 Å². The normalized spacial score (nSPS) is 10.2. The van der Waals surface area contributed by atoms with Gasteiger partial charge in [-0.1, -0.05) is 18.2 Å². The standard InChI is InChI=1S/C9H13IOSi/c1-11-9-7(5-6-12)3-2-4-8(9)10/h2-4H,5-6H2,1,12H3. The van der Waals surface area contributed by atoms with Gasteiger partial charge in [-0.3, -0.25) is 0 Å². The van der Waals surface area contributed by atoms with Crippen molar-refractivity contribution in [3.63, 3.8) is 0 Å². The lowest BCUT2D eigenvalue weighted by Gasteiger charge is -2.08. The quantitative estimate of drug-likeness (QED) is 0.608. The predicted molar refractivity (Wildman–Crippen MR) is 64.2 cm³/mol. The number of hydrogen-bond donors (Lipinski definition) is 0. The van der Waals surface area contributed by atoms with E-state index >= 15 is 0 Å². The maximum atomic E-state index is 5.34. The number of methoxy groups -OCH3 is 1. The van der Waals surface area contributed by atoms with Crippen molar-refractivity contribution in [1.82, 2.24) is 0 Å². The molecule has 0 N–H and O–H groups in total. The molecule has 0 spiro atoms. The second-order valence-electron chi connectivity index (χ2n) is 2.68. The maximum absolute atomic E-state index is 5.34. The molecule has 1 aromatic rings. The van der Waals surface area contributed by atoms with Crippen LogP contribution in [0, 0.1) is 3.57 Å². The minimum Gasteiger partial charge on any atom is -0.495 e. The molecule has 0 aliphatic heterocycles. The van der Waals surface area contributed by atoms with Crippen LogP contribution in [-0.4, -0.2) is 17.4 Å². The summed E-state index contributed by atoms with van der Waals surface area (Å²) in [6, 6.07) is 7.63. The van der Waals surface area contributed by atoms with Gasteiger partial charge in [0.1, 0.15) is 5.75 Å². The molecule has 0 radical (unpaired) electrons. The summed E-state index contributed by atoms with van der Waals surface area (Å²) in [6.07, 6.45) is 1.16. The van der Waals surface area contributed by atoms with E-state index in [1.165, 1.54) is 25.4 Å². The van der Waals surface area contributed by atoms with Crippen molar-refractivity contribution in [3.05, 3.63) is 27.3 Å². The van der Waals surface area contributed by atoms with E-state index in [-0.39, 0.29) is 0 Å². The van der Waals surface area contributed by atoms with E-state index < -0.39 is 0 Å². The monoisotopic (exact) mass is 292 g/mol. The van der Waals surface area contributed by atoms with Gasteiger partial charge in [0.15, 0.2) is 0 Å². The SMILES string of the molecule is COc1c(I)cccc1CC[SiH3]. The Morgan fingerprint density at radius 2 is 2.25 bits per heavy atom. The highest BCUT2D eigenvalue weighted by atomic mass is 127. The fraction of sp³-hybridized carbons (Fsp3) is 0.333. The minimum atomic E-state index is 1.06. The molecule has 0 unspecified atom stereocenters. The number of aryl methyl sites for hydroxylation is 1. The molecule has 0 fully saturated rings. The highest BCUT2D eigenvalue weighted by molar-refractivity contribution is 14.1. The summed E-state index contributed by atoms with van der Waals surface area (Å²) in [7, 11) is 3.01. The van der Waals surface area contributed by atoms with Gasteiger partial charge in [0.25, 0.3) is 0 Å². The molecule has 66 valence electrons. The lowest BCUT2D eigenvalue weighted by Crippen LogP contribution is -1.94. The fourth-order valence-electron chi connectivity index (χ4n) is 1.25. The van der Waals surface area contributed by atoms with Gasteiger partial charge in [-0.2, -0.15) is 0 Å². The van der Waals surface area contributed by atoms with Crippen molar-refractivity contribution in [2.24, 2.45) is 0 Å². The first-order valence-electron chi connectivity index (χ1n) is 4.11. The van der Waals surface area contributed by atoms with Crippen LogP contribution in [0.15, 0.2) is 18.2 Å². The first-order valence-corrected chi connectivity index (χ1v) is 6.60. The van der Waals surface area contributed by atoms with Crippen LogP contribution in [0.1, 0.15) is 5.56 Å². The number of halogens is 1. The van der Waals surface area contributed by atoms with Gasteiger partial charge in [-0.05, 0) is 40.6 Å². The number of hydrogen-bond acceptors (Lipinski definition) is 1. The maximum Gasteiger partial charge on any atom is 0.135 e. The molecule has 0 bridgehead atoms. The van der Waals surface area contributed by atoms with E-state index in [2.05, 4.69) is 40.8 Å². The molecule has 12 heavy (non-hydrogen) atoms. The van der Waals surface area contributed by atoms with Gasteiger partial charge in [0.2, 0.25) is 0 Å². The minimum absolute atomic E-state index is 1.06. The second kappa shape index (κ2) is 4.86. The van der Waals surface area contributed by atoms with Crippen LogP contribution in [0.3, 0.4) is 0 Å². The zero-order valence-electron chi connectivity index (χ0n) is 7.43. The van der Waals surface area contributed by atoms with Crippen LogP contribution in [-0.2, 0) is 6.42 Å². The van der Waals surface area contributed by atoms with E-state index in [0.29, 0.717) is 0 Å². The van der Waals surface area contributed by atoms with Crippen molar-refractivity contribution in [3.8, 4) is 5.75 Å². The Hall–Kier alpha value is -0.0331. The van der Waals surface area contributed by atoms with Gasteiger partial charge in [-0.15, -0.1) is 0 Å². The Kier molecular flexibility index (Phi) is 4.07. The summed E-state index contributed by atoms with van der Waals surface area (Å²) < 4.78 is 6.55. The van der Waals surface area contributed by atoms with Crippen LogP contribution in [0.4, 0.5) is 0 Å². The molecule has 0 saturated carbocycles. The molecule has 1 nitrogen and oxygen atoms in total. The summed E-state index contributed by atoms with van der Waals surface area (Å²) in [5, 5.41) is 0. The third-order valence-electron chi connectivity index (χ3n) is 1.77. The summed E-state index contributed by atoms with van der Waals surface area (Å²) in [5.74, 6) is 1.06. The van der Waals surface area contributed by atoms with E-state index in [1.54, 1.807) is 7.11 Å². The van der Waals surface area contributed by atoms with Gasteiger partial charge >= 0.3 is 0 Å². The molecule has 1 rings (SSSR count). The van der Waals surface area contributed by atoms with Gasteiger partial charge in [0, 0.05) is 10.2 Å². The molecular formula is C9H13IOSi. The second-order valence-corrected chi connectivity index (χ2v) is 4.84. The average molecular weight is 292 g/mol. The molecule has 0 aliphatic carbocycles. The van der Waals surface area contributed by atoms with Gasteiger partial charge < -0.3 is 4.74 Å². The van der Waals surface area contributed by atoms with E-state index in [0.717, 1.165) is 12.2 Å². The Labute approximate surface area is 90.1 Å². The average Bonchev–Trinajstić information content (AvgIpc) is 2.05. The Bertz CT molecular complexity index is 263. The summed E-state index contributed by atoms with van der Waals surface area (Å²) >= 11 is 2.31. The molecule has 0 aliphatic rings. The molecule has 1 aromatic carbocycles. The Morgan fingerprint density at radius 1 is 1.50 bits per heavy atom. The van der Waals surface area contributed by atoms with Crippen LogP contribution in [0.25, 0.3) is 0 Å². The third kappa shape index (κ3) is 2.23. The smallest absolute Gasteiger partial charge is 0.135 e. The lowest BCUT2D eigenvalue weighted by atomic mass is 10.1. The zero-order valence-corrected chi connectivity index (χ0v) is 11.6. The van der Waals surface area contributed by atoms with Crippen LogP contribution in [0.2, 0.25) is 6.04 Å². The Balaban J connectivity index is 3.00. The molecule has 0 amide bonds. The van der Waals surface area contributed by atoms with E-state index in [1.807, 2.05) is 0 Å². The van der Waals surface area contributed by atoms with Crippen LogP contribution in [0.5, 0.6) is 5.75 Å². The van der Waals surface area contributed by atoms with Crippen LogP contribution < -0.4 is 4.74 Å². The van der Waals surface area contributed by atoms with Crippen molar-refractivity contribution in [1.29, 1.82) is 0 Å². The molecular weight excluding hydrogens is 279 g/mol. The number of ether oxygens (including phenoxy) is 1. The number of benzene rings is 1. The first-order chi connectivity index (χ1) is 5.79. The van der Waals surface area contributed by atoms with E-state index in [9.17, 15) is 0 Å². The fourth-order valence-corrected chi connectivity index (χ4v) is 2.56. The molecule has 0 atom stereocenters. The van der Waals surface area contributed by atoms with Gasteiger partial charge in [0.05, 0.1) is 10.7 Å². The molecule has 0 heterocycles. The first kappa shape index (κ1) is 10.1. The molecule has 0 saturated heterocycles. The van der Waals surface area contributed by atoms with Gasteiger partial charge in [-0.25, -0.2) is 0 Å². The lowest BCUT2D eigenvalue weighted by molar-refractivity contribution is 0.407. The summed E-state index contributed by atoms with van der Waals surface area (Å²) in [4.78, 5) is 0. The third-order valence-corrected chi connectivity index (χ3v) is 3.12. The predicted octanol–water partition coefficient (Wildman–Crippen LogP) is 1.63. The largest absolute Gasteiger partial charge is 0.495 e. The van der Waals surface area contributed by atoms with E-state index in [4.69, 9.17) is 4.74 Å². The van der Waals surface area contributed by atoms with Crippen molar-refractivity contribution in [2.75, 3.05) is 7.11 Å². The van der Waals surface area contributed by atoms with Crippen LogP contribution >= 0.6 is 22.6 Å². The number of para-hydroxylation sites is 1. The van der Waals surface area contributed by atoms with Crippen molar-refractivity contribution < 1.29 is 4.74 Å². The topological polar surface area (TPSA) is 9.23 Å². The number of rotatable bonds is 3. The molecule has 0 aromatic heterocycles. The molecule has 3 heteroatoms.